The SMILES string of the molecule is COc1ccccc1-c1nc(C(=O)NCC2CCCN2C)cs1. The van der Waals surface area contributed by atoms with Gasteiger partial charge in [0, 0.05) is 18.0 Å². The summed E-state index contributed by atoms with van der Waals surface area (Å²) < 4.78 is 5.36. The average molecular weight is 331 g/mol. The van der Waals surface area contributed by atoms with Gasteiger partial charge in [-0.05, 0) is 38.6 Å². The van der Waals surface area contributed by atoms with Crippen LogP contribution < -0.4 is 10.1 Å². The number of methoxy groups -OCH3 is 1. The lowest BCUT2D eigenvalue weighted by atomic mass is 10.2. The van der Waals surface area contributed by atoms with Crippen LogP contribution in [0, 0.1) is 0 Å². The lowest BCUT2D eigenvalue weighted by molar-refractivity contribution is 0.0939. The number of para-hydroxylation sites is 1. The fraction of sp³-hybridized carbons (Fsp3) is 0.412. The van der Waals surface area contributed by atoms with Gasteiger partial charge in [0.2, 0.25) is 0 Å². The van der Waals surface area contributed by atoms with Gasteiger partial charge in [-0.3, -0.25) is 4.79 Å². The molecule has 1 aliphatic heterocycles. The Morgan fingerprint density at radius 3 is 3.04 bits per heavy atom. The molecule has 0 spiro atoms. The van der Waals surface area contributed by atoms with Gasteiger partial charge >= 0.3 is 0 Å². The predicted octanol–water partition coefficient (Wildman–Crippen LogP) is 2.64. The summed E-state index contributed by atoms with van der Waals surface area (Å²) in [6.45, 7) is 1.78. The molecule has 5 nitrogen and oxygen atoms in total. The topological polar surface area (TPSA) is 54.5 Å². The maximum atomic E-state index is 12.3. The first-order valence-electron chi connectivity index (χ1n) is 7.76. The number of likely N-dealkylation sites (tertiary alicyclic amines) is 1. The first kappa shape index (κ1) is 16.0. The average Bonchev–Trinajstić information content (AvgIpc) is 3.22. The number of amides is 1. The van der Waals surface area contributed by atoms with Crippen molar-refractivity contribution in [3.8, 4) is 16.3 Å². The molecule has 1 amide bonds. The summed E-state index contributed by atoms with van der Waals surface area (Å²) in [6, 6.07) is 8.14. The van der Waals surface area contributed by atoms with Crippen molar-refractivity contribution < 1.29 is 9.53 Å². The number of carbonyl (C=O) groups excluding carboxylic acids is 1. The maximum absolute atomic E-state index is 12.3. The minimum absolute atomic E-state index is 0.109. The number of hydrogen-bond acceptors (Lipinski definition) is 5. The molecule has 1 saturated heterocycles. The van der Waals surface area contributed by atoms with E-state index in [4.69, 9.17) is 4.74 Å². The quantitative estimate of drug-likeness (QED) is 0.915. The van der Waals surface area contributed by atoms with Gasteiger partial charge in [0.25, 0.3) is 5.91 Å². The van der Waals surface area contributed by atoms with Crippen LogP contribution in [0.1, 0.15) is 23.3 Å². The Balaban J connectivity index is 1.67. The van der Waals surface area contributed by atoms with E-state index >= 15 is 0 Å². The third-order valence-electron chi connectivity index (χ3n) is 4.24. The highest BCUT2D eigenvalue weighted by Gasteiger charge is 2.22. The first-order chi connectivity index (χ1) is 11.2. The van der Waals surface area contributed by atoms with E-state index in [2.05, 4.69) is 22.2 Å². The first-order valence-corrected chi connectivity index (χ1v) is 8.64. The Morgan fingerprint density at radius 1 is 1.48 bits per heavy atom. The molecule has 2 heterocycles. The molecule has 1 fully saturated rings. The summed E-state index contributed by atoms with van der Waals surface area (Å²) in [4.78, 5) is 19.0. The second-order valence-corrected chi connectivity index (χ2v) is 6.58. The van der Waals surface area contributed by atoms with Crippen LogP contribution in [-0.4, -0.2) is 49.1 Å². The van der Waals surface area contributed by atoms with Crippen LogP contribution in [0.2, 0.25) is 0 Å². The van der Waals surface area contributed by atoms with Crippen molar-refractivity contribution in [1.29, 1.82) is 0 Å². The molecule has 1 aromatic heterocycles. The molecule has 0 radical (unpaired) electrons. The van der Waals surface area contributed by atoms with E-state index in [1.165, 1.54) is 17.8 Å². The van der Waals surface area contributed by atoms with Gasteiger partial charge in [0.15, 0.2) is 0 Å². The van der Waals surface area contributed by atoms with Crippen molar-refractivity contribution in [3.05, 3.63) is 35.3 Å². The van der Waals surface area contributed by atoms with Crippen molar-refractivity contribution in [2.24, 2.45) is 0 Å². The second kappa shape index (κ2) is 7.10. The molecule has 1 atom stereocenters. The maximum Gasteiger partial charge on any atom is 0.270 e. The number of aromatic nitrogens is 1. The molecule has 0 bridgehead atoms. The summed E-state index contributed by atoms with van der Waals surface area (Å²) in [5.74, 6) is 0.657. The Kier molecular flexibility index (Phi) is 4.93. The van der Waals surface area contributed by atoms with Crippen LogP contribution in [0.15, 0.2) is 29.6 Å². The molecule has 3 rings (SSSR count). The number of rotatable bonds is 5. The molecule has 2 aromatic rings. The number of ether oxygens (including phenoxy) is 1. The number of thiazole rings is 1. The van der Waals surface area contributed by atoms with Crippen molar-refractivity contribution in [2.45, 2.75) is 18.9 Å². The molecule has 122 valence electrons. The Labute approximate surface area is 140 Å². The summed E-state index contributed by atoms with van der Waals surface area (Å²) in [5.41, 5.74) is 1.38. The standard InChI is InChI=1S/C17H21N3O2S/c1-20-9-5-6-12(20)10-18-16(21)14-11-23-17(19-14)13-7-3-4-8-15(13)22-2/h3-4,7-8,11-12H,5-6,9-10H2,1-2H3,(H,18,21). The van der Waals surface area contributed by atoms with Crippen molar-refractivity contribution >= 4 is 17.2 Å². The van der Waals surface area contributed by atoms with E-state index in [-0.39, 0.29) is 5.91 Å². The molecule has 0 aliphatic carbocycles. The molecule has 23 heavy (non-hydrogen) atoms. The van der Waals surface area contributed by atoms with Gasteiger partial charge in [-0.2, -0.15) is 0 Å². The number of nitrogens with zero attached hydrogens (tertiary/aromatic N) is 2. The summed E-state index contributed by atoms with van der Waals surface area (Å²) in [6.07, 6.45) is 2.34. The highest BCUT2D eigenvalue weighted by molar-refractivity contribution is 7.13. The van der Waals surface area contributed by atoms with Gasteiger partial charge in [-0.15, -0.1) is 11.3 Å². The zero-order valence-corrected chi connectivity index (χ0v) is 14.2. The molecular formula is C17H21N3O2S. The Morgan fingerprint density at radius 2 is 2.30 bits per heavy atom. The lowest BCUT2D eigenvalue weighted by Crippen LogP contribution is -2.38. The lowest BCUT2D eigenvalue weighted by Gasteiger charge is -2.19. The van der Waals surface area contributed by atoms with Crippen molar-refractivity contribution in [2.75, 3.05) is 27.2 Å². The number of likely N-dealkylation sites (N-methyl/N-ethyl adjacent to an activating group) is 1. The van der Waals surface area contributed by atoms with E-state index < -0.39 is 0 Å². The highest BCUT2D eigenvalue weighted by Crippen LogP contribution is 2.31. The number of carbonyl (C=O) groups is 1. The van der Waals surface area contributed by atoms with Gasteiger partial charge in [0.05, 0.1) is 12.7 Å². The number of hydrogen-bond donors (Lipinski definition) is 1. The fourth-order valence-corrected chi connectivity index (χ4v) is 3.69. The normalized spacial score (nSPS) is 18.1. The molecule has 1 unspecified atom stereocenters. The van der Waals surface area contributed by atoms with E-state index in [1.807, 2.05) is 24.3 Å². The van der Waals surface area contributed by atoms with E-state index in [1.54, 1.807) is 12.5 Å². The summed E-state index contributed by atoms with van der Waals surface area (Å²) >= 11 is 1.46. The van der Waals surface area contributed by atoms with Crippen LogP contribution in [-0.2, 0) is 0 Å². The zero-order valence-electron chi connectivity index (χ0n) is 13.4. The largest absolute Gasteiger partial charge is 0.496 e. The molecule has 0 saturated carbocycles. The van der Waals surface area contributed by atoms with Crippen LogP contribution in [0.4, 0.5) is 0 Å². The van der Waals surface area contributed by atoms with E-state index in [9.17, 15) is 4.79 Å². The van der Waals surface area contributed by atoms with Crippen LogP contribution >= 0.6 is 11.3 Å². The third-order valence-corrected chi connectivity index (χ3v) is 5.12. The molecule has 1 N–H and O–H groups in total. The molecule has 1 aliphatic rings. The fourth-order valence-electron chi connectivity index (χ4n) is 2.86. The Hall–Kier alpha value is -1.92. The smallest absolute Gasteiger partial charge is 0.270 e. The van der Waals surface area contributed by atoms with Gasteiger partial charge in [-0.25, -0.2) is 4.98 Å². The van der Waals surface area contributed by atoms with Gasteiger partial charge in [-0.1, -0.05) is 12.1 Å². The monoisotopic (exact) mass is 331 g/mol. The van der Waals surface area contributed by atoms with Crippen LogP contribution in [0.5, 0.6) is 5.75 Å². The van der Waals surface area contributed by atoms with Crippen molar-refractivity contribution in [1.82, 2.24) is 15.2 Å². The predicted molar refractivity (Wildman–Crippen MR) is 92.1 cm³/mol. The molecule has 1 aromatic carbocycles. The second-order valence-electron chi connectivity index (χ2n) is 5.72. The van der Waals surface area contributed by atoms with Crippen LogP contribution in [0.3, 0.4) is 0 Å². The molecular weight excluding hydrogens is 310 g/mol. The van der Waals surface area contributed by atoms with Gasteiger partial charge < -0.3 is 15.0 Å². The number of benzene rings is 1. The summed E-state index contributed by atoms with van der Waals surface area (Å²) in [5, 5.41) is 5.59. The number of nitrogens with one attached hydrogen (secondary N) is 1. The van der Waals surface area contributed by atoms with Crippen LogP contribution in [0.25, 0.3) is 10.6 Å². The Bertz CT molecular complexity index is 686. The van der Waals surface area contributed by atoms with Crippen molar-refractivity contribution in [3.63, 3.8) is 0 Å². The van der Waals surface area contributed by atoms with Gasteiger partial charge in [0.1, 0.15) is 16.5 Å². The minimum Gasteiger partial charge on any atom is -0.496 e. The highest BCUT2D eigenvalue weighted by atomic mass is 32.1. The van der Waals surface area contributed by atoms with E-state index in [0.717, 1.165) is 29.3 Å². The third kappa shape index (κ3) is 3.54. The van der Waals surface area contributed by atoms with E-state index in [0.29, 0.717) is 18.3 Å². The minimum atomic E-state index is -0.109. The molecule has 6 heteroatoms. The zero-order chi connectivity index (χ0) is 16.2. The summed E-state index contributed by atoms with van der Waals surface area (Å²) in [7, 11) is 3.74.